The van der Waals surface area contributed by atoms with E-state index in [2.05, 4.69) is 62.4 Å². The first-order valence-electron chi connectivity index (χ1n) is 13.2. The number of aromatic nitrogens is 2. The highest BCUT2D eigenvalue weighted by Gasteiger charge is 2.37. The fourth-order valence-corrected chi connectivity index (χ4v) is 6.36. The summed E-state index contributed by atoms with van der Waals surface area (Å²) in [6.45, 7) is 10.1. The van der Waals surface area contributed by atoms with Crippen molar-refractivity contribution in [2.24, 2.45) is 11.8 Å². The summed E-state index contributed by atoms with van der Waals surface area (Å²) in [5.41, 5.74) is 4.95. The van der Waals surface area contributed by atoms with Gasteiger partial charge in [-0.15, -0.1) is 0 Å². The molecular formula is C29H36N6O. The third-order valence-electron chi connectivity index (χ3n) is 8.33. The van der Waals surface area contributed by atoms with Crippen LogP contribution in [0.4, 0.5) is 0 Å². The predicted molar refractivity (Wildman–Crippen MR) is 139 cm³/mol. The molecule has 0 radical (unpaired) electrons. The molecule has 2 saturated heterocycles. The monoisotopic (exact) mass is 484 g/mol. The number of fused-ring (bicyclic) bond motifs is 1. The van der Waals surface area contributed by atoms with Crippen molar-refractivity contribution in [1.29, 1.82) is 5.26 Å². The number of hydrogen-bond acceptors (Lipinski definition) is 6. The van der Waals surface area contributed by atoms with E-state index in [0.29, 0.717) is 29.9 Å². The van der Waals surface area contributed by atoms with Gasteiger partial charge in [-0.25, -0.2) is 9.97 Å². The molecule has 0 bridgehead atoms. The van der Waals surface area contributed by atoms with E-state index < -0.39 is 0 Å². The van der Waals surface area contributed by atoms with Gasteiger partial charge in [0.15, 0.2) is 0 Å². The van der Waals surface area contributed by atoms with Gasteiger partial charge in [0.2, 0.25) is 0 Å². The molecule has 5 rings (SSSR count). The van der Waals surface area contributed by atoms with E-state index in [-0.39, 0.29) is 5.91 Å². The number of aryl methyl sites for hydroxylation is 2. The SMILES string of the molecule is Cc1ncnc(C)c1C(=O)N1C=C2CN(CCC(c3ccccc3)C3CCN(CC#N)CC3)CC2C1. The summed E-state index contributed by atoms with van der Waals surface area (Å²) < 4.78 is 0. The van der Waals surface area contributed by atoms with Crippen LogP contribution in [0.1, 0.15) is 52.5 Å². The first-order valence-corrected chi connectivity index (χ1v) is 13.2. The molecule has 0 N–H and O–H groups in total. The number of nitriles is 1. The second-order valence-electron chi connectivity index (χ2n) is 10.6. The standard InChI is InChI=1S/C29H36N6O/c1-21-28(22(2)32-20-31-21)29(36)35-18-25-16-34(17-26(25)19-35)14-10-27(23-6-4-3-5-7-23)24-8-12-33(13-9-24)15-11-30/h3-7,18,20,24,26-27H,8-10,12-17,19H2,1-2H3. The van der Waals surface area contributed by atoms with Crippen molar-refractivity contribution in [2.75, 3.05) is 45.8 Å². The molecule has 0 saturated carbocycles. The molecule has 1 amide bonds. The average Bonchev–Trinajstić information content (AvgIpc) is 3.45. The first-order chi connectivity index (χ1) is 17.5. The third-order valence-corrected chi connectivity index (χ3v) is 8.33. The summed E-state index contributed by atoms with van der Waals surface area (Å²) in [4.78, 5) is 28.4. The average molecular weight is 485 g/mol. The van der Waals surface area contributed by atoms with Gasteiger partial charge < -0.3 is 4.90 Å². The quantitative estimate of drug-likeness (QED) is 0.557. The van der Waals surface area contributed by atoms with Gasteiger partial charge in [-0.2, -0.15) is 5.26 Å². The van der Waals surface area contributed by atoms with E-state index in [1.165, 1.54) is 17.5 Å². The highest BCUT2D eigenvalue weighted by molar-refractivity contribution is 5.97. The molecule has 1 aromatic carbocycles. The van der Waals surface area contributed by atoms with Crippen LogP contribution in [0.2, 0.25) is 0 Å². The topological polar surface area (TPSA) is 76.4 Å². The minimum absolute atomic E-state index is 0.0194. The maximum absolute atomic E-state index is 13.2. The molecule has 0 spiro atoms. The summed E-state index contributed by atoms with van der Waals surface area (Å²) in [7, 11) is 0. The van der Waals surface area contributed by atoms with Crippen molar-refractivity contribution in [1.82, 2.24) is 24.7 Å². The summed E-state index contributed by atoms with van der Waals surface area (Å²) >= 11 is 0. The smallest absolute Gasteiger partial charge is 0.261 e. The molecular weight excluding hydrogens is 448 g/mol. The van der Waals surface area contributed by atoms with Gasteiger partial charge in [0, 0.05) is 31.8 Å². The molecule has 0 aliphatic carbocycles. The third kappa shape index (κ3) is 5.21. The lowest BCUT2D eigenvalue weighted by molar-refractivity contribution is 0.0818. The van der Waals surface area contributed by atoms with Gasteiger partial charge in [-0.05, 0) is 75.7 Å². The van der Waals surface area contributed by atoms with Gasteiger partial charge in [0.05, 0.1) is 29.6 Å². The van der Waals surface area contributed by atoms with Crippen molar-refractivity contribution in [3.8, 4) is 6.07 Å². The minimum Gasteiger partial charge on any atom is -0.314 e. The Kier molecular flexibility index (Phi) is 7.45. The number of hydrogen-bond donors (Lipinski definition) is 0. The second kappa shape index (κ2) is 10.9. The van der Waals surface area contributed by atoms with Crippen LogP contribution in [-0.4, -0.2) is 76.4 Å². The largest absolute Gasteiger partial charge is 0.314 e. The number of likely N-dealkylation sites (tertiary alicyclic amines) is 2. The summed E-state index contributed by atoms with van der Waals surface area (Å²) in [5.74, 6) is 1.65. The van der Waals surface area contributed by atoms with E-state index in [1.807, 2.05) is 18.7 Å². The molecule has 188 valence electrons. The zero-order valence-corrected chi connectivity index (χ0v) is 21.4. The molecule has 2 atom stereocenters. The van der Waals surface area contributed by atoms with E-state index in [0.717, 1.165) is 69.9 Å². The Balaban J connectivity index is 1.21. The van der Waals surface area contributed by atoms with Crippen molar-refractivity contribution in [2.45, 2.75) is 39.0 Å². The molecule has 3 aliphatic rings. The van der Waals surface area contributed by atoms with E-state index in [1.54, 1.807) is 0 Å². The lowest BCUT2D eigenvalue weighted by Crippen LogP contribution is -2.36. The number of piperidine rings is 1. The Bertz CT molecular complexity index is 1130. The van der Waals surface area contributed by atoms with E-state index in [4.69, 9.17) is 5.26 Å². The maximum Gasteiger partial charge on any atom is 0.261 e. The maximum atomic E-state index is 13.2. The zero-order valence-electron chi connectivity index (χ0n) is 21.4. The van der Waals surface area contributed by atoms with Crippen molar-refractivity contribution < 1.29 is 4.79 Å². The fraction of sp³-hybridized carbons (Fsp3) is 0.517. The molecule has 36 heavy (non-hydrogen) atoms. The fourth-order valence-electron chi connectivity index (χ4n) is 6.36. The molecule has 4 heterocycles. The molecule has 2 fully saturated rings. The number of carbonyl (C=O) groups excluding carboxylic acids is 1. The lowest BCUT2D eigenvalue weighted by Gasteiger charge is -2.36. The predicted octanol–water partition coefficient (Wildman–Crippen LogP) is 3.77. The Labute approximate surface area is 214 Å². The van der Waals surface area contributed by atoms with Crippen molar-refractivity contribution in [3.63, 3.8) is 0 Å². The molecule has 7 heteroatoms. The van der Waals surface area contributed by atoms with Gasteiger partial charge in [-0.1, -0.05) is 30.3 Å². The highest BCUT2D eigenvalue weighted by Crippen LogP contribution is 2.37. The Morgan fingerprint density at radius 1 is 1.08 bits per heavy atom. The van der Waals surface area contributed by atoms with Gasteiger partial charge in [0.25, 0.3) is 5.91 Å². The Morgan fingerprint density at radius 3 is 2.47 bits per heavy atom. The van der Waals surface area contributed by atoms with Crippen LogP contribution in [0, 0.1) is 37.0 Å². The van der Waals surface area contributed by atoms with Gasteiger partial charge >= 0.3 is 0 Å². The van der Waals surface area contributed by atoms with Crippen LogP contribution in [0.5, 0.6) is 0 Å². The number of benzene rings is 1. The first kappa shape index (κ1) is 24.6. The second-order valence-corrected chi connectivity index (χ2v) is 10.6. The van der Waals surface area contributed by atoms with E-state index in [9.17, 15) is 4.79 Å². The van der Waals surface area contributed by atoms with Crippen LogP contribution >= 0.6 is 0 Å². The molecule has 2 aromatic rings. The van der Waals surface area contributed by atoms with Gasteiger partial charge in [0.1, 0.15) is 6.33 Å². The number of carbonyl (C=O) groups is 1. The zero-order chi connectivity index (χ0) is 25.1. The Hall–Kier alpha value is -3.08. The summed E-state index contributed by atoms with van der Waals surface area (Å²) in [6, 6.07) is 13.3. The van der Waals surface area contributed by atoms with Crippen LogP contribution in [0.25, 0.3) is 0 Å². The Morgan fingerprint density at radius 2 is 1.81 bits per heavy atom. The molecule has 3 aliphatic heterocycles. The molecule has 1 aromatic heterocycles. The minimum atomic E-state index is 0.0194. The molecule has 7 nitrogen and oxygen atoms in total. The summed E-state index contributed by atoms with van der Waals surface area (Å²) in [6.07, 6.45) is 7.07. The van der Waals surface area contributed by atoms with E-state index >= 15 is 0 Å². The van der Waals surface area contributed by atoms with Crippen LogP contribution in [0.3, 0.4) is 0 Å². The van der Waals surface area contributed by atoms with Crippen LogP contribution < -0.4 is 0 Å². The molecule has 2 unspecified atom stereocenters. The summed E-state index contributed by atoms with van der Waals surface area (Å²) in [5, 5.41) is 9.05. The lowest BCUT2D eigenvalue weighted by atomic mass is 9.78. The normalized spacial score (nSPS) is 21.8. The van der Waals surface area contributed by atoms with Gasteiger partial charge in [-0.3, -0.25) is 14.6 Å². The highest BCUT2D eigenvalue weighted by atomic mass is 16.2. The van der Waals surface area contributed by atoms with Crippen molar-refractivity contribution >= 4 is 5.91 Å². The van der Waals surface area contributed by atoms with Crippen molar-refractivity contribution in [3.05, 3.63) is 70.9 Å². The number of amides is 1. The van der Waals surface area contributed by atoms with Crippen LogP contribution in [0.15, 0.2) is 48.4 Å². The van der Waals surface area contributed by atoms with Crippen LogP contribution in [-0.2, 0) is 0 Å². The number of nitrogens with zero attached hydrogens (tertiary/aromatic N) is 6. The number of rotatable bonds is 7.